The van der Waals surface area contributed by atoms with Gasteiger partial charge in [0.1, 0.15) is 5.75 Å². The van der Waals surface area contributed by atoms with E-state index >= 15 is 0 Å². The van der Waals surface area contributed by atoms with Gasteiger partial charge in [0.15, 0.2) is 5.65 Å². The van der Waals surface area contributed by atoms with Gasteiger partial charge in [0.25, 0.3) is 0 Å². The molecule has 0 spiro atoms. The van der Waals surface area contributed by atoms with Crippen molar-refractivity contribution >= 4 is 27.0 Å². The van der Waals surface area contributed by atoms with E-state index < -0.39 is 11.7 Å². The molecule has 8 heteroatoms. The molecule has 0 aliphatic rings. The molecule has 0 aliphatic carbocycles. The second-order valence-electron chi connectivity index (χ2n) is 6.45. The lowest BCUT2D eigenvalue weighted by Crippen LogP contribution is -2.08. The SMILES string of the molecule is COc1ccc(-c2cc(C(F)(F)F)c3c(C)nn(-c4ccc(Br)cc4)c3n2)cc1. The van der Waals surface area contributed by atoms with Crippen molar-refractivity contribution in [3.63, 3.8) is 0 Å². The number of fused-ring (bicyclic) bond motifs is 1. The fourth-order valence-electron chi connectivity index (χ4n) is 3.18. The highest BCUT2D eigenvalue weighted by atomic mass is 79.9. The molecule has 0 fully saturated rings. The van der Waals surface area contributed by atoms with E-state index in [1.807, 2.05) is 0 Å². The Morgan fingerprint density at radius 1 is 1.00 bits per heavy atom. The number of alkyl halides is 3. The van der Waals surface area contributed by atoms with Gasteiger partial charge in [-0.05, 0) is 61.5 Å². The maximum absolute atomic E-state index is 13.9. The first-order valence-electron chi connectivity index (χ1n) is 8.66. The quantitative estimate of drug-likeness (QED) is 0.365. The van der Waals surface area contributed by atoms with Crippen LogP contribution in [-0.2, 0) is 6.18 Å². The third-order valence-electron chi connectivity index (χ3n) is 4.58. The Balaban J connectivity index is 2.01. The summed E-state index contributed by atoms with van der Waals surface area (Å²) < 4.78 is 49.1. The number of benzene rings is 2. The highest BCUT2D eigenvalue weighted by Crippen LogP contribution is 2.38. The Kier molecular flexibility index (Phi) is 4.82. The highest BCUT2D eigenvalue weighted by Gasteiger charge is 2.35. The molecule has 0 radical (unpaired) electrons. The Hall–Kier alpha value is -2.87. The lowest BCUT2D eigenvalue weighted by molar-refractivity contribution is -0.136. The molecule has 0 unspecified atom stereocenters. The summed E-state index contributed by atoms with van der Waals surface area (Å²) >= 11 is 3.36. The molecule has 2 aromatic carbocycles. The van der Waals surface area contributed by atoms with Gasteiger partial charge in [0, 0.05) is 10.0 Å². The van der Waals surface area contributed by atoms with Crippen LogP contribution in [0, 0.1) is 6.92 Å². The number of aromatic nitrogens is 3. The number of hydrogen-bond acceptors (Lipinski definition) is 3. The highest BCUT2D eigenvalue weighted by molar-refractivity contribution is 9.10. The lowest BCUT2D eigenvalue weighted by Gasteiger charge is -2.12. The van der Waals surface area contributed by atoms with Crippen molar-refractivity contribution in [2.24, 2.45) is 0 Å². The average molecular weight is 462 g/mol. The van der Waals surface area contributed by atoms with Crippen LogP contribution in [-0.4, -0.2) is 21.9 Å². The van der Waals surface area contributed by atoms with Crippen molar-refractivity contribution in [1.29, 1.82) is 0 Å². The number of hydrogen-bond donors (Lipinski definition) is 0. The number of halogens is 4. The van der Waals surface area contributed by atoms with E-state index in [1.165, 1.54) is 11.8 Å². The van der Waals surface area contributed by atoms with Crippen LogP contribution >= 0.6 is 15.9 Å². The normalized spacial score (nSPS) is 11.8. The van der Waals surface area contributed by atoms with Crippen molar-refractivity contribution in [3.05, 3.63) is 70.3 Å². The number of methoxy groups -OCH3 is 1. The van der Waals surface area contributed by atoms with Gasteiger partial charge in [0.05, 0.1) is 35.1 Å². The van der Waals surface area contributed by atoms with Gasteiger partial charge < -0.3 is 4.74 Å². The molecular formula is C21H15BrF3N3O. The van der Waals surface area contributed by atoms with E-state index in [4.69, 9.17) is 4.74 Å². The monoisotopic (exact) mass is 461 g/mol. The Morgan fingerprint density at radius 3 is 2.24 bits per heavy atom. The van der Waals surface area contributed by atoms with E-state index in [2.05, 4.69) is 26.0 Å². The van der Waals surface area contributed by atoms with Crippen molar-refractivity contribution in [2.75, 3.05) is 7.11 Å². The fraction of sp³-hybridized carbons (Fsp3) is 0.143. The van der Waals surface area contributed by atoms with Crippen LogP contribution in [0.3, 0.4) is 0 Å². The molecule has 0 bridgehead atoms. The molecule has 0 N–H and O–H groups in total. The van der Waals surface area contributed by atoms with Crippen LogP contribution in [0.25, 0.3) is 28.0 Å². The third-order valence-corrected chi connectivity index (χ3v) is 5.10. The number of pyridine rings is 1. The molecule has 2 aromatic heterocycles. The maximum atomic E-state index is 13.9. The molecule has 4 nitrogen and oxygen atoms in total. The predicted molar refractivity (Wildman–Crippen MR) is 108 cm³/mol. The minimum atomic E-state index is -4.54. The molecule has 0 aliphatic heterocycles. The molecule has 148 valence electrons. The van der Waals surface area contributed by atoms with Crippen molar-refractivity contribution < 1.29 is 17.9 Å². The van der Waals surface area contributed by atoms with Crippen molar-refractivity contribution in [2.45, 2.75) is 13.1 Å². The molecule has 2 heterocycles. The number of ether oxygens (including phenoxy) is 1. The summed E-state index contributed by atoms with van der Waals surface area (Å²) in [7, 11) is 1.53. The van der Waals surface area contributed by atoms with Gasteiger partial charge in [-0.3, -0.25) is 0 Å². The molecule has 0 saturated heterocycles. The summed E-state index contributed by atoms with van der Waals surface area (Å²) in [6.07, 6.45) is -4.54. The first-order valence-corrected chi connectivity index (χ1v) is 9.45. The van der Waals surface area contributed by atoms with Gasteiger partial charge >= 0.3 is 6.18 Å². The van der Waals surface area contributed by atoms with Crippen LogP contribution in [0.4, 0.5) is 13.2 Å². The minimum absolute atomic E-state index is 0.00215. The second kappa shape index (κ2) is 7.18. The Morgan fingerprint density at radius 2 is 1.66 bits per heavy atom. The van der Waals surface area contributed by atoms with Crippen LogP contribution in [0.5, 0.6) is 5.75 Å². The van der Waals surface area contributed by atoms with E-state index in [1.54, 1.807) is 55.5 Å². The standard InChI is InChI=1S/C21H15BrF3N3O/c1-12-19-17(21(23,24)25)11-18(13-3-9-16(29-2)10-4-13)26-20(19)28(27-12)15-7-5-14(22)6-8-15/h3-11H,1-2H3. The smallest absolute Gasteiger partial charge is 0.417 e. The predicted octanol–water partition coefficient (Wildman–Crippen LogP) is 6.19. The van der Waals surface area contributed by atoms with Crippen molar-refractivity contribution in [3.8, 4) is 22.7 Å². The van der Waals surface area contributed by atoms with Crippen molar-refractivity contribution in [1.82, 2.24) is 14.8 Å². The molecule has 4 aromatic rings. The summed E-state index contributed by atoms with van der Waals surface area (Å²) in [5, 5.41) is 4.34. The van der Waals surface area contributed by atoms with Crippen LogP contribution in [0.2, 0.25) is 0 Å². The molecule has 0 atom stereocenters. The van der Waals surface area contributed by atoms with Crippen LogP contribution in [0.15, 0.2) is 59.1 Å². The Bertz CT molecular complexity index is 1180. The summed E-state index contributed by atoms with van der Waals surface area (Å²) in [5.74, 6) is 0.613. The zero-order chi connectivity index (χ0) is 20.8. The minimum Gasteiger partial charge on any atom is -0.497 e. The van der Waals surface area contributed by atoms with Gasteiger partial charge in [-0.25, -0.2) is 9.67 Å². The van der Waals surface area contributed by atoms with E-state index in [-0.39, 0.29) is 22.4 Å². The zero-order valence-corrected chi connectivity index (χ0v) is 17.0. The van der Waals surface area contributed by atoms with E-state index in [9.17, 15) is 13.2 Å². The number of rotatable bonds is 3. The van der Waals surface area contributed by atoms with Gasteiger partial charge in [-0.1, -0.05) is 15.9 Å². The summed E-state index contributed by atoms with van der Waals surface area (Å²) in [4.78, 5) is 4.54. The molecule has 0 saturated carbocycles. The van der Waals surface area contributed by atoms with Crippen LogP contribution < -0.4 is 4.74 Å². The van der Waals surface area contributed by atoms with E-state index in [0.717, 1.165) is 10.5 Å². The fourth-order valence-corrected chi connectivity index (χ4v) is 3.45. The maximum Gasteiger partial charge on any atom is 0.417 e. The molecule has 4 rings (SSSR count). The molecule has 0 amide bonds. The summed E-state index contributed by atoms with van der Waals surface area (Å²) in [6.45, 7) is 1.56. The van der Waals surface area contributed by atoms with Crippen LogP contribution in [0.1, 0.15) is 11.3 Å². The van der Waals surface area contributed by atoms with Gasteiger partial charge in [0.2, 0.25) is 0 Å². The van der Waals surface area contributed by atoms with Gasteiger partial charge in [-0.2, -0.15) is 18.3 Å². The molecular weight excluding hydrogens is 447 g/mol. The Labute approximate surface area is 173 Å². The number of nitrogens with zero attached hydrogens (tertiary/aromatic N) is 3. The summed E-state index contributed by atoms with van der Waals surface area (Å²) in [5.41, 5.74) is 1.06. The largest absolute Gasteiger partial charge is 0.497 e. The topological polar surface area (TPSA) is 39.9 Å². The second-order valence-corrected chi connectivity index (χ2v) is 7.37. The average Bonchev–Trinajstić information content (AvgIpc) is 3.04. The van der Waals surface area contributed by atoms with E-state index in [0.29, 0.717) is 17.0 Å². The zero-order valence-electron chi connectivity index (χ0n) is 15.5. The first-order chi connectivity index (χ1) is 13.8. The first kappa shape index (κ1) is 19.4. The number of aryl methyl sites for hydroxylation is 1. The summed E-state index contributed by atoms with van der Waals surface area (Å²) in [6, 6.07) is 14.9. The lowest BCUT2D eigenvalue weighted by atomic mass is 10.0. The third kappa shape index (κ3) is 3.60. The van der Waals surface area contributed by atoms with Gasteiger partial charge in [-0.15, -0.1) is 0 Å². The molecule has 29 heavy (non-hydrogen) atoms.